The van der Waals surface area contributed by atoms with Crippen molar-refractivity contribution in [2.45, 2.75) is 6.54 Å². The number of rotatable bonds is 6. The van der Waals surface area contributed by atoms with Gasteiger partial charge in [0, 0.05) is 42.8 Å². The molecule has 0 radical (unpaired) electrons. The van der Waals surface area contributed by atoms with Crippen molar-refractivity contribution >= 4 is 28.1 Å². The molecule has 2 aromatic carbocycles. The predicted octanol–water partition coefficient (Wildman–Crippen LogP) is 2.86. The van der Waals surface area contributed by atoms with Crippen LogP contribution in [0, 0.1) is 5.82 Å². The standard InChI is InChI=1S/C20H22BrFN4O/c21-18-6-7-19(22)17(12-18)13-23-24-20(27)15-26-10-8-25(9-11-26)14-16-4-2-1-3-5-16/h1-7,12-13H,8-11,14-15H2,(H,24,27). The van der Waals surface area contributed by atoms with Crippen molar-refractivity contribution in [3.63, 3.8) is 0 Å². The first kappa shape index (κ1) is 19.7. The monoisotopic (exact) mass is 432 g/mol. The summed E-state index contributed by atoms with van der Waals surface area (Å²) < 4.78 is 14.4. The number of nitrogens with zero attached hydrogens (tertiary/aromatic N) is 3. The highest BCUT2D eigenvalue weighted by Crippen LogP contribution is 2.13. The van der Waals surface area contributed by atoms with Crippen LogP contribution in [0.5, 0.6) is 0 Å². The van der Waals surface area contributed by atoms with Gasteiger partial charge in [-0.3, -0.25) is 14.6 Å². The van der Waals surface area contributed by atoms with E-state index < -0.39 is 0 Å². The van der Waals surface area contributed by atoms with Crippen LogP contribution in [0.25, 0.3) is 0 Å². The van der Waals surface area contributed by atoms with Crippen molar-refractivity contribution in [2.75, 3.05) is 32.7 Å². The molecule has 1 aliphatic rings. The van der Waals surface area contributed by atoms with Crippen LogP contribution in [0.2, 0.25) is 0 Å². The fourth-order valence-corrected chi connectivity index (χ4v) is 3.35. The Labute approximate surface area is 167 Å². The maximum atomic E-state index is 13.6. The average molecular weight is 433 g/mol. The van der Waals surface area contributed by atoms with Gasteiger partial charge >= 0.3 is 0 Å². The Morgan fingerprint density at radius 3 is 2.56 bits per heavy atom. The Kier molecular flexibility index (Phi) is 7.09. The molecule has 0 bridgehead atoms. The number of hydrogen-bond donors (Lipinski definition) is 1. The first-order valence-electron chi connectivity index (χ1n) is 8.86. The Balaban J connectivity index is 1.40. The van der Waals surface area contributed by atoms with E-state index in [4.69, 9.17) is 0 Å². The molecule has 0 atom stereocenters. The van der Waals surface area contributed by atoms with Crippen LogP contribution in [0.15, 0.2) is 58.1 Å². The van der Waals surface area contributed by atoms with Gasteiger partial charge in [0.15, 0.2) is 0 Å². The minimum absolute atomic E-state index is 0.196. The summed E-state index contributed by atoms with van der Waals surface area (Å²) in [5.41, 5.74) is 4.09. The fraction of sp³-hybridized carbons (Fsp3) is 0.300. The number of carbonyl (C=O) groups excluding carboxylic acids is 1. The van der Waals surface area contributed by atoms with E-state index in [0.717, 1.165) is 37.2 Å². The number of benzene rings is 2. The summed E-state index contributed by atoms with van der Waals surface area (Å²) in [6, 6.07) is 15.0. The molecule has 5 nitrogen and oxygen atoms in total. The van der Waals surface area contributed by atoms with Crippen molar-refractivity contribution in [3.05, 3.63) is 69.9 Å². The second kappa shape index (κ2) is 9.73. The van der Waals surface area contributed by atoms with E-state index in [1.165, 1.54) is 17.8 Å². The van der Waals surface area contributed by atoms with E-state index in [1.54, 1.807) is 12.1 Å². The van der Waals surface area contributed by atoms with E-state index in [2.05, 4.69) is 60.5 Å². The van der Waals surface area contributed by atoms with E-state index >= 15 is 0 Å². The van der Waals surface area contributed by atoms with Gasteiger partial charge < -0.3 is 0 Å². The van der Waals surface area contributed by atoms with Gasteiger partial charge in [-0.25, -0.2) is 9.82 Å². The molecule has 0 spiro atoms. The van der Waals surface area contributed by atoms with Crippen LogP contribution < -0.4 is 5.43 Å². The fourth-order valence-electron chi connectivity index (χ4n) is 2.97. The van der Waals surface area contributed by atoms with Gasteiger partial charge in [0.05, 0.1) is 12.8 Å². The van der Waals surface area contributed by atoms with E-state index in [0.29, 0.717) is 5.56 Å². The summed E-state index contributed by atoms with van der Waals surface area (Å²) >= 11 is 3.28. The van der Waals surface area contributed by atoms with Gasteiger partial charge in [-0.2, -0.15) is 5.10 Å². The highest BCUT2D eigenvalue weighted by molar-refractivity contribution is 9.10. The Bertz CT molecular complexity index is 792. The molecule has 3 rings (SSSR count). The van der Waals surface area contributed by atoms with Gasteiger partial charge in [0.2, 0.25) is 0 Å². The molecule has 1 amide bonds. The molecule has 1 heterocycles. The molecular weight excluding hydrogens is 411 g/mol. The summed E-state index contributed by atoms with van der Waals surface area (Å²) in [7, 11) is 0. The lowest BCUT2D eigenvalue weighted by Crippen LogP contribution is -2.48. The van der Waals surface area contributed by atoms with Crippen LogP contribution in [0.3, 0.4) is 0 Å². The van der Waals surface area contributed by atoms with Crippen molar-refractivity contribution in [3.8, 4) is 0 Å². The SMILES string of the molecule is O=C(CN1CCN(Cc2ccccc2)CC1)NN=Cc1cc(Br)ccc1F. The number of piperazine rings is 1. The number of hydrazone groups is 1. The molecule has 0 unspecified atom stereocenters. The van der Waals surface area contributed by atoms with Gasteiger partial charge in [0.1, 0.15) is 5.82 Å². The molecule has 1 N–H and O–H groups in total. The Morgan fingerprint density at radius 2 is 1.81 bits per heavy atom. The van der Waals surface area contributed by atoms with Gasteiger partial charge in [-0.05, 0) is 23.8 Å². The number of halogens is 2. The van der Waals surface area contributed by atoms with Crippen molar-refractivity contribution in [1.29, 1.82) is 0 Å². The molecule has 0 saturated carbocycles. The maximum absolute atomic E-state index is 13.6. The van der Waals surface area contributed by atoms with Crippen LogP contribution in [0.1, 0.15) is 11.1 Å². The van der Waals surface area contributed by atoms with Gasteiger partial charge in [-0.15, -0.1) is 0 Å². The zero-order valence-corrected chi connectivity index (χ0v) is 16.5. The average Bonchev–Trinajstić information content (AvgIpc) is 2.67. The van der Waals surface area contributed by atoms with E-state index in [1.807, 2.05) is 6.07 Å². The largest absolute Gasteiger partial charge is 0.297 e. The van der Waals surface area contributed by atoms with Crippen LogP contribution in [-0.2, 0) is 11.3 Å². The summed E-state index contributed by atoms with van der Waals surface area (Å²) in [4.78, 5) is 16.5. The number of carbonyl (C=O) groups is 1. The Morgan fingerprint density at radius 1 is 1.11 bits per heavy atom. The molecule has 1 aliphatic heterocycles. The van der Waals surface area contributed by atoms with Crippen LogP contribution >= 0.6 is 15.9 Å². The third-order valence-electron chi connectivity index (χ3n) is 4.43. The zero-order chi connectivity index (χ0) is 19.1. The van der Waals surface area contributed by atoms with Crippen LogP contribution in [-0.4, -0.2) is 54.6 Å². The second-order valence-electron chi connectivity index (χ2n) is 6.50. The molecular formula is C20H22BrFN4O. The highest BCUT2D eigenvalue weighted by atomic mass is 79.9. The van der Waals surface area contributed by atoms with Crippen molar-refractivity contribution in [2.24, 2.45) is 5.10 Å². The summed E-state index contributed by atoms with van der Waals surface area (Å²) in [5.74, 6) is -0.580. The van der Waals surface area contributed by atoms with Crippen LogP contribution in [0.4, 0.5) is 4.39 Å². The maximum Gasteiger partial charge on any atom is 0.254 e. The lowest BCUT2D eigenvalue weighted by Gasteiger charge is -2.34. The lowest BCUT2D eigenvalue weighted by atomic mass is 10.2. The molecule has 27 heavy (non-hydrogen) atoms. The third kappa shape index (κ3) is 6.23. The van der Waals surface area contributed by atoms with Crippen molar-refractivity contribution < 1.29 is 9.18 Å². The summed E-state index contributed by atoms with van der Waals surface area (Å²) in [6.07, 6.45) is 1.32. The predicted molar refractivity (Wildman–Crippen MR) is 108 cm³/mol. The normalized spacial score (nSPS) is 15.9. The minimum Gasteiger partial charge on any atom is -0.297 e. The first-order chi connectivity index (χ1) is 13.1. The molecule has 7 heteroatoms. The smallest absolute Gasteiger partial charge is 0.254 e. The quantitative estimate of drug-likeness (QED) is 0.563. The van der Waals surface area contributed by atoms with E-state index in [9.17, 15) is 9.18 Å². The number of amides is 1. The number of hydrogen-bond acceptors (Lipinski definition) is 4. The molecule has 142 valence electrons. The second-order valence-corrected chi connectivity index (χ2v) is 7.41. The highest BCUT2D eigenvalue weighted by Gasteiger charge is 2.18. The van der Waals surface area contributed by atoms with Gasteiger partial charge in [0.25, 0.3) is 5.91 Å². The van der Waals surface area contributed by atoms with E-state index in [-0.39, 0.29) is 18.3 Å². The molecule has 0 aromatic heterocycles. The van der Waals surface area contributed by atoms with Crippen molar-refractivity contribution in [1.82, 2.24) is 15.2 Å². The summed E-state index contributed by atoms with van der Waals surface area (Å²) in [6.45, 7) is 4.75. The topological polar surface area (TPSA) is 47.9 Å². The lowest BCUT2D eigenvalue weighted by molar-refractivity contribution is -0.122. The molecule has 0 aliphatic carbocycles. The number of nitrogens with one attached hydrogen (secondary N) is 1. The molecule has 2 aromatic rings. The molecule has 1 fully saturated rings. The zero-order valence-electron chi connectivity index (χ0n) is 14.9. The minimum atomic E-state index is -0.384. The molecule has 1 saturated heterocycles. The Hall–Kier alpha value is -2.09. The third-order valence-corrected chi connectivity index (χ3v) is 4.93. The first-order valence-corrected chi connectivity index (χ1v) is 9.65. The van der Waals surface area contributed by atoms with Gasteiger partial charge in [-0.1, -0.05) is 46.3 Å². The summed E-state index contributed by atoms with van der Waals surface area (Å²) in [5, 5.41) is 3.86.